The monoisotopic (exact) mass is 242 g/mol. The second kappa shape index (κ2) is 6.47. The van der Waals surface area contributed by atoms with Gasteiger partial charge in [0.05, 0.1) is 19.8 Å². The molecule has 0 bridgehead atoms. The number of carbonyl (C=O) groups excluding carboxylic acids is 1. The molecule has 1 aliphatic heterocycles. The van der Waals surface area contributed by atoms with Crippen LogP contribution >= 0.6 is 0 Å². The van der Waals surface area contributed by atoms with E-state index in [1.807, 2.05) is 27.7 Å². The Hall–Kier alpha value is -1.26. The summed E-state index contributed by atoms with van der Waals surface area (Å²) in [7, 11) is 0. The van der Waals surface area contributed by atoms with E-state index in [1.165, 1.54) is 0 Å². The lowest BCUT2D eigenvalue weighted by Gasteiger charge is -2.31. The third-order valence-corrected chi connectivity index (χ3v) is 2.50. The Labute approximate surface area is 103 Å². The average Bonchev–Trinajstić information content (AvgIpc) is 2.29. The van der Waals surface area contributed by atoms with E-state index in [1.54, 1.807) is 4.90 Å². The first-order chi connectivity index (χ1) is 8.06. The van der Waals surface area contributed by atoms with E-state index in [0.717, 1.165) is 0 Å². The Bertz CT molecular complexity index is 289. The molecule has 5 nitrogen and oxygen atoms in total. The van der Waals surface area contributed by atoms with Crippen molar-refractivity contribution in [1.82, 2.24) is 4.90 Å². The minimum Gasteiger partial charge on any atom is -0.480 e. The molecule has 0 aromatic carbocycles. The molecule has 0 unspecified atom stereocenters. The third-order valence-electron chi connectivity index (χ3n) is 2.50. The lowest BCUT2D eigenvalue weighted by molar-refractivity contribution is 0.0828. The smallest absolute Gasteiger partial charge is 0.410 e. The highest BCUT2D eigenvalue weighted by Crippen LogP contribution is 2.11. The van der Waals surface area contributed by atoms with Crippen LogP contribution in [0.5, 0.6) is 0 Å². The molecule has 0 spiro atoms. The second-order valence-corrected chi connectivity index (χ2v) is 4.49. The minimum atomic E-state index is -0.279. The van der Waals surface area contributed by atoms with E-state index in [0.29, 0.717) is 38.1 Å². The average molecular weight is 242 g/mol. The highest BCUT2D eigenvalue weighted by Gasteiger charge is 2.29. The number of ether oxygens (including phenoxy) is 2. The van der Waals surface area contributed by atoms with E-state index < -0.39 is 0 Å². The lowest BCUT2D eigenvalue weighted by Crippen LogP contribution is -2.48. The molecule has 1 rings (SSSR count). The largest absolute Gasteiger partial charge is 0.480 e. The van der Waals surface area contributed by atoms with Crippen molar-refractivity contribution in [2.75, 3.05) is 26.3 Å². The zero-order chi connectivity index (χ0) is 12.8. The molecule has 17 heavy (non-hydrogen) atoms. The van der Waals surface area contributed by atoms with E-state index in [2.05, 4.69) is 4.99 Å². The van der Waals surface area contributed by atoms with Crippen molar-refractivity contribution < 1.29 is 14.3 Å². The molecule has 0 aromatic rings. The van der Waals surface area contributed by atoms with Crippen molar-refractivity contribution in [2.24, 2.45) is 10.9 Å². The van der Waals surface area contributed by atoms with Crippen molar-refractivity contribution in [1.29, 1.82) is 0 Å². The van der Waals surface area contributed by atoms with Gasteiger partial charge in [-0.1, -0.05) is 13.8 Å². The van der Waals surface area contributed by atoms with Crippen LogP contribution in [0, 0.1) is 5.92 Å². The number of hydrogen-bond donors (Lipinski definition) is 0. The predicted octanol–water partition coefficient (Wildman–Crippen LogP) is 1.92. The zero-order valence-corrected chi connectivity index (χ0v) is 11.1. The molecular formula is C12H22N2O3. The first-order valence-electron chi connectivity index (χ1n) is 6.16. The van der Waals surface area contributed by atoms with E-state index in [9.17, 15) is 4.79 Å². The minimum absolute atomic E-state index is 0.136. The van der Waals surface area contributed by atoms with Crippen LogP contribution in [0.3, 0.4) is 0 Å². The maximum absolute atomic E-state index is 11.9. The van der Waals surface area contributed by atoms with Gasteiger partial charge in [0.15, 0.2) is 0 Å². The summed E-state index contributed by atoms with van der Waals surface area (Å²) >= 11 is 0. The van der Waals surface area contributed by atoms with Crippen LogP contribution in [0.4, 0.5) is 4.79 Å². The van der Waals surface area contributed by atoms with E-state index >= 15 is 0 Å². The topological polar surface area (TPSA) is 51.1 Å². The van der Waals surface area contributed by atoms with Gasteiger partial charge in [-0.15, -0.1) is 0 Å². The van der Waals surface area contributed by atoms with Gasteiger partial charge in [0, 0.05) is 6.54 Å². The summed E-state index contributed by atoms with van der Waals surface area (Å²) in [4.78, 5) is 17.8. The summed E-state index contributed by atoms with van der Waals surface area (Å²) in [5.41, 5.74) is 0. The first-order valence-corrected chi connectivity index (χ1v) is 6.16. The SMILES string of the molecule is CCOC1=NCCN(C(=O)OCC(C)C)[C@@H]1C. The predicted molar refractivity (Wildman–Crippen MR) is 66.3 cm³/mol. The highest BCUT2D eigenvalue weighted by molar-refractivity contribution is 5.86. The molecule has 0 radical (unpaired) electrons. The number of rotatable bonds is 3. The van der Waals surface area contributed by atoms with Gasteiger partial charge < -0.3 is 9.47 Å². The van der Waals surface area contributed by atoms with Gasteiger partial charge in [-0.2, -0.15) is 0 Å². The molecule has 5 heteroatoms. The summed E-state index contributed by atoms with van der Waals surface area (Å²) in [6, 6.07) is -0.136. The number of carbonyl (C=O) groups is 1. The number of nitrogens with zero attached hydrogens (tertiary/aromatic N) is 2. The summed E-state index contributed by atoms with van der Waals surface area (Å²) in [5.74, 6) is 0.972. The molecule has 1 heterocycles. The summed E-state index contributed by atoms with van der Waals surface area (Å²) in [6.45, 7) is 10.0. The fraction of sp³-hybridized carbons (Fsp3) is 0.833. The maximum atomic E-state index is 11.9. The summed E-state index contributed by atoms with van der Waals surface area (Å²) < 4.78 is 10.6. The molecule has 1 atom stereocenters. The molecule has 1 amide bonds. The Morgan fingerprint density at radius 3 is 2.88 bits per heavy atom. The normalized spacial score (nSPS) is 20.2. The van der Waals surface area contributed by atoms with Crippen molar-refractivity contribution in [3.05, 3.63) is 0 Å². The van der Waals surface area contributed by atoms with E-state index in [4.69, 9.17) is 9.47 Å². The molecule has 0 saturated carbocycles. The first kappa shape index (κ1) is 13.8. The number of aliphatic imine (C=N–C) groups is 1. The van der Waals surface area contributed by atoms with Gasteiger partial charge in [-0.05, 0) is 19.8 Å². The van der Waals surface area contributed by atoms with Gasteiger partial charge in [-0.3, -0.25) is 9.89 Å². The van der Waals surface area contributed by atoms with Gasteiger partial charge in [-0.25, -0.2) is 4.79 Å². The molecule has 0 aromatic heterocycles. The molecule has 0 saturated heterocycles. The van der Waals surface area contributed by atoms with Crippen LogP contribution in [0.15, 0.2) is 4.99 Å². The molecule has 0 N–H and O–H groups in total. The van der Waals surface area contributed by atoms with Crippen LogP contribution < -0.4 is 0 Å². The van der Waals surface area contributed by atoms with Crippen LogP contribution in [0.25, 0.3) is 0 Å². The number of amides is 1. The molecule has 0 fully saturated rings. The van der Waals surface area contributed by atoms with Crippen molar-refractivity contribution in [3.63, 3.8) is 0 Å². The lowest BCUT2D eigenvalue weighted by atomic mass is 10.2. The van der Waals surface area contributed by atoms with Gasteiger partial charge in [0.2, 0.25) is 5.90 Å². The zero-order valence-electron chi connectivity index (χ0n) is 11.1. The van der Waals surface area contributed by atoms with Crippen molar-refractivity contribution in [3.8, 4) is 0 Å². The van der Waals surface area contributed by atoms with Crippen LogP contribution in [-0.2, 0) is 9.47 Å². The third kappa shape index (κ3) is 3.91. The Morgan fingerprint density at radius 1 is 1.59 bits per heavy atom. The fourth-order valence-corrected chi connectivity index (χ4v) is 1.61. The van der Waals surface area contributed by atoms with Crippen LogP contribution in [-0.4, -0.2) is 49.2 Å². The van der Waals surface area contributed by atoms with Crippen molar-refractivity contribution >= 4 is 12.0 Å². The standard InChI is InChI=1S/C12H22N2O3/c1-5-16-11-10(4)14(7-6-13-11)12(15)17-8-9(2)3/h9-10H,5-8H2,1-4H3/t10-/m1/s1. The highest BCUT2D eigenvalue weighted by atomic mass is 16.6. The molecule has 98 valence electrons. The summed E-state index contributed by atoms with van der Waals surface area (Å²) in [6.07, 6.45) is -0.279. The Morgan fingerprint density at radius 2 is 2.29 bits per heavy atom. The Kier molecular flexibility index (Phi) is 5.25. The van der Waals surface area contributed by atoms with Gasteiger partial charge in [0.1, 0.15) is 6.04 Å². The molecular weight excluding hydrogens is 220 g/mol. The van der Waals surface area contributed by atoms with E-state index in [-0.39, 0.29) is 12.1 Å². The van der Waals surface area contributed by atoms with Crippen LogP contribution in [0.2, 0.25) is 0 Å². The second-order valence-electron chi connectivity index (χ2n) is 4.49. The van der Waals surface area contributed by atoms with Crippen molar-refractivity contribution in [2.45, 2.75) is 33.7 Å². The van der Waals surface area contributed by atoms with Gasteiger partial charge in [0.25, 0.3) is 0 Å². The molecule has 0 aliphatic carbocycles. The quantitative estimate of drug-likeness (QED) is 0.759. The maximum Gasteiger partial charge on any atom is 0.410 e. The van der Waals surface area contributed by atoms with Gasteiger partial charge >= 0.3 is 6.09 Å². The summed E-state index contributed by atoms with van der Waals surface area (Å²) in [5, 5.41) is 0. The fourth-order valence-electron chi connectivity index (χ4n) is 1.61. The molecule has 1 aliphatic rings. The van der Waals surface area contributed by atoms with Crippen LogP contribution in [0.1, 0.15) is 27.7 Å². The number of hydrogen-bond acceptors (Lipinski definition) is 4. The Balaban J connectivity index is 2.54.